The molecule has 206 valence electrons. The first-order valence-corrected chi connectivity index (χ1v) is 14.8. The number of carboxylic acid groups (broad SMARTS) is 1. The molecule has 0 spiro atoms. The van der Waals surface area contributed by atoms with Crippen LogP contribution >= 0.6 is 0 Å². The van der Waals surface area contributed by atoms with Gasteiger partial charge in [-0.1, -0.05) is 101 Å². The monoisotopic (exact) mass is 526 g/mol. The van der Waals surface area contributed by atoms with Gasteiger partial charge in [-0.3, -0.25) is 4.79 Å². The summed E-state index contributed by atoms with van der Waals surface area (Å²) < 4.78 is 5.63. The van der Waals surface area contributed by atoms with Gasteiger partial charge in [0.15, 0.2) is 0 Å². The van der Waals surface area contributed by atoms with E-state index in [4.69, 9.17) is 4.74 Å². The molecule has 0 bridgehead atoms. The second kappa shape index (κ2) is 14.7. The van der Waals surface area contributed by atoms with Gasteiger partial charge in [0.2, 0.25) is 0 Å². The van der Waals surface area contributed by atoms with Crippen LogP contribution in [-0.2, 0) is 24.1 Å². The van der Waals surface area contributed by atoms with Gasteiger partial charge in [-0.05, 0) is 84.2 Å². The summed E-state index contributed by atoms with van der Waals surface area (Å²) in [5, 5.41) is 9.28. The van der Waals surface area contributed by atoms with Crippen LogP contribution in [0.1, 0.15) is 98.2 Å². The van der Waals surface area contributed by atoms with E-state index in [1.807, 2.05) is 36.4 Å². The third kappa shape index (κ3) is 8.54. The molecule has 3 aromatic carbocycles. The minimum atomic E-state index is -0.746. The molecule has 1 aliphatic rings. The summed E-state index contributed by atoms with van der Waals surface area (Å²) in [6.45, 7) is 2.27. The van der Waals surface area contributed by atoms with Gasteiger partial charge >= 0.3 is 11.9 Å². The number of rotatable bonds is 14. The van der Waals surface area contributed by atoms with Gasteiger partial charge in [0.05, 0.1) is 11.5 Å². The van der Waals surface area contributed by atoms with Crippen LogP contribution in [0.3, 0.4) is 0 Å². The van der Waals surface area contributed by atoms with E-state index in [1.165, 1.54) is 63.4 Å². The molecule has 0 amide bonds. The van der Waals surface area contributed by atoms with Crippen molar-refractivity contribution in [3.8, 4) is 16.9 Å². The predicted octanol–water partition coefficient (Wildman–Crippen LogP) is 8.84. The lowest BCUT2D eigenvalue weighted by atomic mass is 9.84. The highest BCUT2D eigenvalue weighted by Crippen LogP contribution is 2.29. The standard InChI is InChI=1S/C35H42O4/c1-2-3-4-5-6-7-8-9-10-11-26-12-14-27(15-13-26)28-16-18-29(19-17-28)35(38)39-33-23-22-30-24-32(34(36)37)21-20-31(30)25-33/h12-19,22-23,25,32H,2-11,20-21,24H2,1H3,(H,36,37). The van der Waals surface area contributed by atoms with Crippen molar-refractivity contribution in [2.75, 3.05) is 0 Å². The Balaban J connectivity index is 1.23. The number of unbranched alkanes of at least 4 members (excludes halogenated alkanes) is 8. The number of aryl methyl sites for hydroxylation is 2. The summed E-state index contributed by atoms with van der Waals surface area (Å²) in [4.78, 5) is 24.0. The average Bonchev–Trinajstić information content (AvgIpc) is 2.96. The summed E-state index contributed by atoms with van der Waals surface area (Å²) in [5.41, 5.74) is 6.18. The zero-order chi connectivity index (χ0) is 27.5. The lowest BCUT2D eigenvalue weighted by molar-refractivity contribution is -0.142. The summed E-state index contributed by atoms with van der Waals surface area (Å²) in [6.07, 6.45) is 15.1. The van der Waals surface area contributed by atoms with Crippen LogP contribution in [0.2, 0.25) is 0 Å². The smallest absolute Gasteiger partial charge is 0.343 e. The number of fused-ring (bicyclic) bond motifs is 1. The first kappa shape index (κ1) is 28.6. The van der Waals surface area contributed by atoms with Crippen molar-refractivity contribution in [1.82, 2.24) is 0 Å². The minimum absolute atomic E-state index is 0.333. The Hall–Kier alpha value is -3.40. The largest absolute Gasteiger partial charge is 0.481 e. The third-order valence-corrected chi connectivity index (χ3v) is 7.94. The van der Waals surface area contributed by atoms with E-state index in [1.54, 1.807) is 6.07 Å². The molecule has 0 fully saturated rings. The molecule has 3 aromatic rings. The number of hydrogen-bond acceptors (Lipinski definition) is 3. The molecule has 4 rings (SSSR count). The lowest BCUT2D eigenvalue weighted by Crippen LogP contribution is -2.22. The molecule has 0 saturated carbocycles. The molecule has 4 nitrogen and oxygen atoms in total. The number of carbonyl (C=O) groups is 2. The van der Waals surface area contributed by atoms with Crippen molar-refractivity contribution in [2.45, 2.75) is 90.4 Å². The fourth-order valence-corrected chi connectivity index (χ4v) is 5.47. The maximum Gasteiger partial charge on any atom is 0.343 e. The summed E-state index contributed by atoms with van der Waals surface area (Å²) in [7, 11) is 0. The van der Waals surface area contributed by atoms with Crippen LogP contribution in [0.4, 0.5) is 0 Å². The lowest BCUT2D eigenvalue weighted by Gasteiger charge is -2.21. The second-order valence-electron chi connectivity index (χ2n) is 11.0. The van der Waals surface area contributed by atoms with Crippen LogP contribution in [-0.4, -0.2) is 17.0 Å². The van der Waals surface area contributed by atoms with E-state index in [9.17, 15) is 14.7 Å². The molecule has 39 heavy (non-hydrogen) atoms. The number of aliphatic carboxylic acids is 1. The van der Waals surface area contributed by atoms with Gasteiger partial charge in [0.1, 0.15) is 5.75 Å². The van der Waals surface area contributed by atoms with Gasteiger partial charge < -0.3 is 9.84 Å². The Labute approximate surface area is 233 Å². The van der Waals surface area contributed by atoms with E-state index in [-0.39, 0.29) is 5.92 Å². The molecule has 4 heteroatoms. The molecule has 1 atom stereocenters. The molecule has 0 saturated heterocycles. The molecular weight excluding hydrogens is 484 g/mol. The molecule has 0 aromatic heterocycles. The Morgan fingerprint density at radius 3 is 2.03 bits per heavy atom. The van der Waals surface area contributed by atoms with Gasteiger partial charge in [0.25, 0.3) is 0 Å². The molecule has 0 heterocycles. The molecule has 0 radical (unpaired) electrons. The minimum Gasteiger partial charge on any atom is -0.481 e. The van der Waals surface area contributed by atoms with Crippen LogP contribution in [0.5, 0.6) is 5.75 Å². The van der Waals surface area contributed by atoms with Crippen LogP contribution < -0.4 is 4.74 Å². The van der Waals surface area contributed by atoms with Crippen molar-refractivity contribution in [1.29, 1.82) is 0 Å². The van der Waals surface area contributed by atoms with E-state index >= 15 is 0 Å². The van der Waals surface area contributed by atoms with Crippen molar-refractivity contribution < 1.29 is 19.4 Å². The maximum atomic E-state index is 12.7. The number of esters is 1. The van der Waals surface area contributed by atoms with Crippen LogP contribution in [0, 0.1) is 5.92 Å². The summed E-state index contributed by atoms with van der Waals surface area (Å²) >= 11 is 0. The number of ether oxygens (including phenoxy) is 1. The highest BCUT2D eigenvalue weighted by atomic mass is 16.5. The normalized spacial score (nSPS) is 14.5. The summed E-state index contributed by atoms with van der Waals surface area (Å²) in [5.74, 6) is -0.971. The predicted molar refractivity (Wildman–Crippen MR) is 157 cm³/mol. The number of benzene rings is 3. The Morgan fingerprint density at radius 1 is 0.769 bits per heavy atom. The maximum absolute atomic E-state index is 12.7. The fraction of sp³-hybridized carbons (Fsp3) is 0.429. The summed E-state index contributed by atoms with van der Waals surface area (Å²) in [6, 6.07) is 21.8. The Bertz CT molecular complexity index is 1210. The Morgan fingerprint density at radius 2 is 1.38 bits per heavy atom. The fourth-order valence-electron chi connectivity index (χ4n) is 5.47. The molecule has 1 unspecified atom stereocenters. The zero-order valence-corrected chi connectivity index (χ0v) is 23.3. The molecule has 1 N–H and O–H groups in total. The average molecular weight is 527 g/mol. The van der Waals surface area contributed by atoms with Gasteiger partial charge in [0, 0.05) is 0 Å². The van der Waals surface area contributed by atoms with Crippen LogP contribution in [0.25, 0.3) is 11.1 Å². The number of hydrogen-bond donors (Lipinski definition) is 1. The quantitative estimate of drug-likeness (QED) is 0.129. The SMILES string of the molecule is CCCCCCCCCCCc1ccc(-c2ccc(C(=O)Oc3ccc4c(c3)CCC(C(=O)O)C4)cc2)cc1. The first-order valence-electron chi connectivity index (χ1n) is 14.8. The van der Waals surface area contributed by atoms with Crippen molar-refractivity contribution in [3.63, 3.8) is 0 Å². The van der Waals surface area contributed by atoms with E-state index in [0.717, 1.165) is 28.7 Å². The third-order valence-electron chi connectivity index (χ3n) is 7.94. The Kier molecular flexibility index (Phi) is 10.8. The molecular formula is C35H42O4. The second-order valence-corrected chi connectivity index (χ2v) is 11.0. The zero-order valence-electron chi connectivity index (χ0n) is 23.3. The molecule has 0 aliphatic heterocycles. The van der Waals surface area contributed by atoms with Crippen molar-refractivity contribution in [2.24, 2.45) is 5.92 Å². The van der Waals surface area contributed by atoms with Gasteiger partial charge in [-0.2, -0.15) is 0 Å². The van der Waals surface area contributed by atoms with Gasteiger partial charge in [-0.15, -0.1) is 0 Å². The topological polar surface area (TPSA) is 63.6 Å². The van der Waals surface area contributed by atoms with Crippen molar-refractivity contribution in [3.05, 3.63) is 89.0 Å². The number of carboxylic acids is 1. The highest BCUT2D eigenvalue weighted by Gasteiger charge is 2.24. The van der Waals surface area contributed by atoms with E-state index in [2.05, 4.69) is 31.2 Å². The van der Waals surface area contributed by atoms with Crippen molar-refractivity contribution >= 4 is 11.9 Å². The van der Waals surface area contributed by atoms with E-state index in [0.29, 0.717) is 30.6 Å². The molecule has 1 aliphatic carbocycles. The first-order chi connectivity index (χ1) is 19.0. The number of carbonyl (C=O) groups excluding carboxylic acids is 1. The van der Waals surface area contributed by atoms with Crippen LogP contribution in [0.15, 0.2) is 66.7 Å². The van der Waals surface area contributed by atoms with Gasteiger partial charge in [-0.25, -0.2) is 4.79 Å². The van der Waals surface area contributed by atoms with E-state index < -0.39 is 11.9 Å². The highest BCUT2D eigenvalue weighted by molar-refractivity contribution is 5.91.